The molecule has 0 amide bonds. The van der Waals surface area contributed by atoms with Crippen molar-refractivity contribution in [1.29, 1.82) is 0 Å². The maximum Gasteiger partial charge on any atom is 0.337 e. The molecule has 4 heteroatoms. The highest BCUT2D eigenvalue weighted by Gasteiger charge is 2.31. The van der Waals surface area contributed by atoms with E-state index < -0.39 is 17.8 Å². The molecule has 1 aliphatic heterocycles. The van der Waals surface area contributed by atoms with Crippen LogP contribution in [0.15, 0.2) is 29.3 Å². The average molecular weight is 235 g/mol. The number of hydrogen-bond donors (Lipinski definition) is 0. The van der Waals surface area contributed by atoms with Gasteiger partial charge in [0.05, 0.1) is 5.56 Å². The normalized spacial score (nSPS) is 19.4. The van der Waals surface area contributed by atoms with Crippen LogP contribution in [0.5, 0.6) is 0 Å². The lowest BCUT2D eigenvalue weighted by atomic mass is 10.1. The first-order valence-corrected chi connectivity index (χ1v) is 5.62. The molecule has 0 saturated carbocycles. The molecule has 1 heterocycles. The van der Waals surface area contributed by atoms with Gasteiger partial charge in [-0.3, -0.25) is 0 Å². The molecule has 1 aliphatic rings. The Kier molecular flexibility index (Phi) is 3.22. The van der Waals surface area contributed by atoms with Gasteiger partial charge in [-0.05, 0) is 24.5 Å². The van der Waals surface area contributed by atoms with Crippen LogP contribution in [0.3, 0.4) is 0 Å². The van der Waals surface area contributed by atoms with E-state index in [1.165, 1.54) is 6.07 Å². The zero-order chi connectivity index (χ0) is 12.4. The molecule has 1 aromatic rings. The molecule has 1 aromatic carbocycles. The molecule has 17 heavy (non-hydrogen) atoms. The maximum absolute atomic E-state index is 13.5. The predicted molar refractivity (Wildman–Crippen MR) is 62.3 cm³/mol. The van der Waals surface area contributed by atoms with Crippen LogP contribution in [0, 0.1) is 11.7 Å². The van der Waals surface area contributed by atoms with E-state index in [-0.39, 0.29) is 11.5 Å². The fourth-order valence-electron chi connectivity index (χ4n) is 1.74. The van der Waals surface area contributed by atoms with Crippen LogP contribution < -0.4 is 0 Å². The third kappa shape index (κ3) is 2.52. The highest BCUT2D eigenvalue weighted by Crippen LogP contribution is 2.20. The summed E-state index contributed by atoms with van der Waals surface area (Å²) in [5.41, 5.74) is 0.243. The summed E-state index contributed by atoms with van der Waals surface area (Å²) < 4.78 is 18.5. The second-order valence-corrected chi connectivity index (χ2v) is 4.48. The number of rotatable bonds is 3. The van der Waals surface area contributed by atoms with Gasteiger partial charge in [-0.25, -0.2) is 14.2 Å². The first-order chi connectivity index (χ1) is 8.08. The van der Waals surface area contributed by atoms with Gasteiger partial charge in [-0.2, -0.15) is 0 Å². The molecule has 0 bridgehead atoms. The van der Waals surface area contributed by atoms with Crippen molar-refractivity contribution in [3.8, 4) is 0 Å². The van der Waals surface area contributed by atoms with Crippen LogP contribution in [0.25, 0.3) is 0 Å². The third-order valence-corrected chi connectivity index (χ3v) is 2.54. The lowest BCUT2D eigenvalue weighted by molar-refractivity contribution is -0.135. The summed E-state index contributed by atoms with van der Waals surface area (Å²) >= 11 is 0. The Morgan fingerprint density at radius 2 is 2.12 bits per heavy atom. The lowest BCUT2D eigenvalue weighted by Gasteiger charge is -2.05. The van der Waals surface area contributed by atoms with Gasteiger partial charge in [0.25, 0.3) is 0 Å². The van der Waals surface area contributed by atoms with E-state index >= 15 is 0 Å². The molecular formula is C13H14FNO2. The zero-order valence-electron chi connectivity index (χ0n) is 9.81. The standard InChI is InChI=1S/C13H14FNO2/c1-8(2)7-11-13(16)17-12(15-11)9-5-3-4-6-10(9)14/h3-6,8,11H,7H2,1-2H3/t11-/m0/s1. The summed E-state index contributed by atoms with van der Waals surface area (Å²) in [5.74, 6) is -0.378. The summed E-state index contributed by atoms with van der Waals surface area (Å²) in [6.45, 7) is 4.01. The van der Waals surface area contributed by atoms with Gasteiger partial charge in [0.1, 0.15) is 5.82 Å². The average Bonchev–Trinajstić information content (AvgIpc) is 2.60. The zero-order valence-corrected chi connectivity index (χ0v) is 9.81. The minimum atomic E-state index is -0.496. The maximum atomic E-state index is 13.5. The number of cyclic esters (lactones) is 1. The second kappa shape index (κ2) is 4.65. The van der Waals surface area contributed by atoms with Crippen molar-refractivity contribution >= 4 is 11.9 Å². The Bertz CT molecular complexity index is 468. The van der Waals surface area contributed by atoms with Crippen LogP contribution in [-0.4, -0.2) is 17.9 Å². The molecule has 0 aromatic heterocycles. The molecular weight excluding hydrogens is 221 g/mol. The van der Waals surface area contributed by atoms with Crippen LogP contribution in [0.1, 0.15) is 25.8 Å². The predicted octanol–water partition coefficient (Wildman–Crippen LogP) is 2.54. The minimum absolute atomic E-state index is 0.0961. The summed E-state index contributed by atoms with van der Waals surface area (Å²) in [5, 5.41) is 0. The number of halogens is 1. The Hall–Kier alpha value is -1.71. The number of nitrogens with zero attached hydrogens (tertiary/aromatic N) is 1. The van der Waals surface area contributed by atoms with Crippen LogP contribution in [-0.2, 0) is 9.53 Å². The van der Waals surface area contributed by atoms with E-state index in [1.54, 1.807) is 18.2 Å². The minimum Gasteiger partial charge on any atom is -0.405 e. The number of esters is 1. The SMILES string of the molecule is CC(C)C[C@@H]1N=C(c2ccccc2F)OC1=O. The highest BCUT2D eigenvalue weighted by molar-refractivity contribution is 6.06. The van der Waals surface area contributed by atoms with E-state index in [1.807, 2.05) is 13.8 Å². The van der Waals surface area contributed by atoms with Gasteiger partial charge < -0.3 is 4.74 Å². The van der Waals surface area contributed by atoms with E-state index in [2.05, 4.69) is 4.99 Å². The number of hydrogen-bond acceptors (Lipinski definition) is 3. The highest BCUT2D eigenvalue weighted by atomic mass is 19.1. The van der Waals surface area contributed by atoms with Gasteiger partial charge in [0.15, 0.2) is 6.04 Å². The van der Waals surface area contributed by atoms with Crippen LogP contribution >= 0.6 is 0 Å². The lowest BCUT2D eigenvalue weighted by Crippen LogP contribution is -2.17. The van der Waals surface area contributed by atoms with Crippen molar-refractivity contribution in [1.82, 2.24) is 0 Å². The van der Waals surface area contributed by atoms with Crippen molar-refractivity contribution in [2.24, 2.45) is 10.9 Å². The van der Waals surface area contributed by atoms with Crippen molar-refractivity contribution < 1.29 is 13.9 Å². The number of carbonyl (C=O) groups is 1. The number of aliphatic imine (C=N–C) groups is 1. The topological polar surface area (TPSA) is 38.7 Å². The van der Waals surface area contributed by atoms with Gasteiger partial charge in [0.2, 0.25) is 5.90 Å². The van der Waals surface area contributed by atoms with E-state index in [4.69, 9.17) is 4.74 Å². The van der Waals surface area contributed by atoms with E-state index in [9.17, 15) is 9.18 Å². The van der Waals surface area contributed by atoms with Crippen LogP contribution in [0.2, 0.25) is 0 Å². The Balaban J connectivity index is 2.24. The van der Waals surface area contributed by atoms with Crippen molar-refractivity contribution in [3.05, 3.63) is 35.6 Å². The summed E-state index contributed by atoms with van der Waals surface area (Å²) in [6, 6.07) is 5.65. The molecule has 2 rings (SSSR count). The second-order valence-electron chi connectivity index (χ2n) is 4.48. The van der Waals surface area contributed by atoms with E-state index in [0.717, 1.165) is 0 Å². The van der Waals surface area contributed by atoms with Gasteiger partial charge in [-0.15, -0.1) is 0 Å². The number of carbonyl (C=O) groups excluding carboxylic acids is 1. The van der Waals surface area contributed by atoms with Gasteiger partial charge in [0, 0.05) is 0 Å². The Morgan fingerprint density at radius 3 is 2.76 bits per heavy atom. The first kappa shape index (κ1) is 11.8. The molecule has 0 saturated heterocycles. The Labute approximate surface area is 99.3 Å². The fraction of sp³-hybridized carbons (Fsp3) is 0.385. The molecule has 90 valence electrons. The number of ether oxygens (including phenoxy) is 1. The number of benzene rings is 1. The molecule has 0 aliphatic carbocycles. The van der Waals surface area contributed by atoms with Crippen molar-refractivity contribution in [2.75, 3.05) is 0 Å². The smallest absolute Gasteiger partial charge is 0.337 e. The summed E-state index contributed by atoms with van der Waals surface area (Å²) in [7, 11) is 0. The van der Waals surface area contributed by atoms with Crippen molar-refractivity contribution in [2.45, 2.75) is 26.3 Å². The van der Waals surface area contributed by atoms with Gasteiger partial charge in [-0.1, -0.05) is 26.0 Å². The van der Waals surface area contributed by atoms with E-state index in [0.29, 0.717) is 12.3 Å². The molecule has 0 radical (unpaired) electrons. The molecule has 0 spiro atoms. The molecule has 3 nitrogen and oxygen atoms in total. The summed E-state index contributed by atoms with van der Waals surface area (Å²) in [4.78, 5) is 15.7. The monoisotopic (exact) mass is 235 g/mol. The third-order valence-electron chi connectivity index (χ3n) is 2.54. The quantitative estimate of drug-likeness (QED) is 0.755. The Morgan fingerprint density at radius 1 is 1.41 bits per heavy atom. The van der Waals surface area contributed by atoms with Crippen LogP contribution in [0.4, 0.5) is 4.39 Å². The first-order valence-electron chi connectivity index (χ1n) is 5.62. The largest absolute Gasteiger partial charge is 0.405 e. The summed E-state index contributed by atoms with van der Waals surface area (Å²) in [6.07, 6.45) is 0.622. The molecule has 0 unspecified atom stereocenters. The molecule has 1 atom stereocenters. The van der Waals surface area contributed by atoms with Gasteiger partial charge >= 0.3 is 5.97 Å². The molecule has 0 N–H and O–H groups in total. The fourth-order valence-corrected chi connectivity index (χ4v) is 1.74. The molecule has 0 fully saturated rings. The van der Waals surface area contributed by atoms with Crippen molar-refractivity contribution in [3.63, 3.8) is 0 Å².